The van der Waals surface area contributed by atoms with Crippen LogP contribution in [0.5, 0.6) is 0 Å². The van der Waals surface area contributed by atoms with Crippen molar-refractivity contribution in [2.75, 3.05) is 30.8 Å². The third kappa shape index (κ3) is 4.58. The summed E-state index contributed by atoms with van der Waals surface area (Å²) in [4.78, 5) is 14.9. The number of aromatic nitrogens is 1. The van der Waals surface area contributed by atoms with Crippen molar-refractivity contribution in [1.29, 1.82) is 0 Å². The smallest absolute Gasteiger partial charge is 0.337 e. The van der Waals surface area contributed by atoms with E-state index < -0.39 is 5.97 Å². The lowest BCUT2D eigenvalue weighted by atomic mass is 10.2. The van der Waals surface area contributed by atoms with E-state index in [0.29, 0.717) is 31.5 Å². The SMILES string of the molecule is CC(C)COCCNc1cc(C(=O)O)c(N)cn1. The molecule has 0 bridgehead atoms. The van der Waals surface area contributed by atoms with Gasteiger partial charge in [0.25, 0.3) is 0 Å². The van der Waals surface area contributed by atoms with Gasteiger partial charge in [-0.1, -0.05) is 13.8 Å². The number of carboxylic acid groups (broad SMARTS) is 1. The first kappa shape index (κ1) is 14.2. The summed E-state index contributed by atoms with van der Waals surface area (Å²) in [6.07, 6.45) is 1.33. The maximum Gasteiger partial charge on any atom is 0.337 e. The molecule has 1 aromatic heterocycles. The quantitative estimate of drug-likeness (QED) is 0.636. The van der Waals surface area contributed by atoms with Crippen LogP contribution in [-0.2, 0) is 4.74 Å². The van der Waals surface area contributed by atoms with Crippen molar-refractivity contribution in [2.45, 2.75) is 13.8 Å². The first-order chi connectivity index (χ1) is 8.50. The molecule has 0 aliphatic rings. The minimum Gasteiger partial charge on any atom is -0.478 e. The number of carboxylic acids is 1. The van der Waals surface area contributed by atoms with Crippen molar-refractivity contribution < 1.29 is 14.6 Å². The van der Waals surface area contributed by atoms with Crippen LogP contribution in [0.2, 0.25) is 0 Å². The van der Waals surface area contributed by atoms with E-state index in [0.717, 1.165) is 0 Å². The fourth-order valence-electron chi connectivity index (χ4n) is 1.32. The molecule has 0 atom stereocenters. The molecule has 0 spiro atoms. The summed E-state index contributed by atoms with van der Waals surface area (Å²) < 4.78 is 5.39. The van der Waals surface area contributed by atoms with Gasteiger partial charge in [-0.3, -0.25) is 0 Å². The number of nitrogen functional groups attached to an aromatic ring is 1. The standard InChI is InChI=1S/C12H19N3O3/c1-8(2)7-18-4-3-14-11-5-9(12(16)17)10(13)6-15-11/h5-6,8H,3-4,7,13H2,1-2H3,(H,14,15)(H,16,17). The van der Waals surface area contributed by atoms with Crippen LogP contribution in [0.15, 0.2) is 12.3 Å². The lowest BCUT2D eigenvalue weighted by Crippen LogP contribution is -2.13. The molecule has 0 amide bonds. The second-order valence-corrected chi connectivity index (χ2v) is 4.36. The Morgan fingerprint density at radius 3 is 2.94 bits per heavy atom. The summed E-state index contributed by atoms with van der Waals surface area (Å²) in [6.45, 7) is 5.98. The van der Waals surface area contributed by atoms with Crippen LogP contribution in [0.25, 0.3) is 0 Å². The Morgan fingerprint density at radius 1 is 1.61 bits per heavy atom. The number of hydrogen-bond donors (Lipinski definition) is 3. The Hall–Kier alpha value is -1.82. The number of aromatic carboxylic acids is 1. The number of nitrogens with one attached hydrogen (secondary N) is 1. The molecule has 1 rings (SSSR count). The molecule has 0 radical (unpaired) electrons. The zero-order valence-corrected chi connectivity index (χ0v) is 10.6. The lowest BCUT2D eigenvalue weighted by Gasteiger charge is -2.09. The molecule has 0 aromatic carbocycles. The van der Waals surface area contributed by atoms with Gasteiger partial charge >= 0.3 is 5.97 Å². The molecule has 1 heterocycles. The average molecular weight is 253 g/mol. The second-order valence-electron chi connectivity index (χ2n) is 4.36. The highest BCUT2D eigenvalue weighted by Crippen LogP contribution is 2.14. The minimum atomic E-state index is -1.06. The Kier molecular flexibility index (Phi) is 5.38. The van der Waals surface area contributed by atoms with E-state index in [4.69, 9.17) is 15.6 Å². The molecule has 6 heteroatoms. The van der Waals surface area contributed by atoms with Gasteiger partial charge in [0.15, 0.2) is 0 Å². The minimum absolute atomic E-state index is 0.0515. The maximum absolute atomic E-state index is 10.9. The number of ether oxygens (including phenoxy) is 1. The van der Waals surface area contributed by atoms with Gasteiger partial charge in [-0.2, -0.15) is 0 Å². The van der Waals surface area contributed by atoms with Gasteiger partial charge in [-0.15, -0.1) is 0 Å². The molecule has 4 N–H and O–H groups in total. The van der Waals surface area contributed by atoms with Gasteiger partial charge in [0.2, 0.25) is 0 Å². The van der Waals surface area contributed by atoms with E-state index in [1.54, 1.807) is 0 Å². The van der Waals surface area contributed by atoms with Crippen LogP contribution < -0.4 is 11.1 Å². The van der Waals surface area contributed by atoms with Crippen LogP contribution in [0, 0.1) is 5.92 Å². The first-order valence-corrected chi connectivity index (χ1v) is 5.81. The Balaban J connectivity index is 2.43. The molecule has 1 aromatic rings. The third-order valence-electron chi connectivity index (χ3n) is 2.17. The van der Waals surface area contributed by atoms with Gasteiger partial charge in [0, 0.05) is 13.2 Å². The summed E-state index contributed by atoms with van der Waals surface area (Å²) in [6, 6.07) is 1.42. The van der Waals surface area contributed by atoms with Crippen molar-refractivity contribution >= 4 is 17.5 Å². The molecule has 18 heavy (non-hydrogen) atoms. The van der Waals surface area contributed by atoms with Gasteiger partial charge in [0.1, 0.15) is 5.82 Å². The average Bonchev–Trinajstić information content (AvgIpc) is 2.30. The summed E-state index contributed by atoms with van der Waals surface area (Å²) in [5.41, 5.74) is 5.71. The zero-order chi connectivity index (χ0) is 13.5. The van der Waals surface area contributed by atoms with Crippen molar-refractivity contribution in [3.8, 4) is 0 Å². The number of carbonyl (C=O) groups is 1. The molecule has 100 valence electrons. The summed E-state index contributed by atoms with van der Waals surface area (Å²) >= 11 is 0. The third-order valence-corrected chi connectivity index (χ3v) is 2.17. The monoisotopic (exact) mass is 253 g/mol. The molecular weight excluding hydrogens is 234 g/mol. The highest BCUT2D eigenvalue weighted by atomic mass is 16.5. The second kappa shape index (κ2) is 6.80. The van der Waals surface area contributed by atoms with Gasteiger partial charge in [-0.05, 0) is 12.0 Å². The molecule has 6 nitrogen and oxygen atoms in total. The summed E-state index contributed by atoms with van der Waals surface area (Å²) in [5.74, 6) is -0.0815. The molecule has 0 fully saturated rings. The predicted octanol–water partition coefficient (Wildman–Crippen LogP) is 1.45. The van der Waals surface area contributed by atoms with E-state index in [2.05, 4.69) is 24.1 Å². The topological polar surface area (TPSA) is 97.5 Å². The maximum atomic E-state index is 10.9. The van der Waals surface area contributed by atoms with Crippen molar-refractivity contribution in [1.82, 2.24) is 4.98 Å². The number of nitrogens with two attached hydrogens (primary N) is 1. The van der Waals surface area contributed by atoms with Gasteiger partial charge in [-0.25, -0.2) is 9.78 Å². The van der Waals surface area contributed by atoms with E-state index in [1.165, 1.54) is 12.3 Å². The Labute approximate surface area is 106 Å². The van der Waals surface area contributed by atoms with Crippen LogP contribution in [0.1, 0.15) is 24.2 Å². The van der Waals surface area contributed by atoms with Gasteiger partial charge in [0.05, 0.1) is 24.1 Å². The van der Waals surface area contributed by atoms with Crippen LogP contribution in [0.3, 0.4) is 0 Å². The summed E-state index contributed by atoms with van der Waals surface area (Å²) in [7, 11) is 0. The zero-order valence-electron chi connectivity index (χ0n) is 10.6. The highest BCUT2D eigenvalue weighted by molar-refractivity contribution is 5.94. The van der Waals surface area contributed by atoms with E-state index in [1.807, 2.05) is 0 Å². The van der Waals surface area contributed by atoms with Crippen molar-refractivity contribution in [3.05, 3.63) is 17.8 Å². The number of pyridine rings is 1. The number of nitrogens with zero attached hydrogens (tertiary/aromatic N) is 1. The fraction of sp³-hybridized carbons (Fsp3) is 0.500. The Morgan fingerprint density at radius 2 is 2.33 bits per heavy atom. The first-order valence-electron chi connectivity index (χ1n) is 5.81. The largest absolute Gasteiger partial charge is 0.478 e. The fourth-order valence-corrected chi connectivity index (χ4v) is 1.32. The molecule has 0 aliphatic heterocycles. The Bertz CT molecular complexity index is 408. The molecular formula is C12H19N3O3. The number of hydrogen-bond acceptors (Lipinski definition) is 5. The van der Waals surface area contributed by atoms with E-state index in [-0.39, 0.29) is 11.3 Å². The van der Waals surface area contributed by atoms with Crippen molar-refractivity contribution in [3.63, 3.8) is 0 Å². The van der Waals surface area contributed by atoms with E-state index in [9.17, 15) is 4.79 Å². The molecule has 0 unspecified atom stereocenters. The predicted molar refractivity (Wildman–Crippen MR) is 69.8 cm³/mol. The molecule has 0 aliphatic carbocycles. The van der Waals surface area contributed by atoms with Crippen molar-refractivity contribution in [2.24, 2.45) is 5.92 Å². The lowest BCUT2D eigenvalue weighted by molar-refractivity contribution is 0.0698. The number of rotatable bonds is 7. The number of anilines is 2. The van der Waals surface area contributed by atoms with E-state index >= 15 is 0 Å². The molecule has 0 saturated heterocycles. The summed E-state index contributed by atoms with van der Waals surface area (Å²) in [5, 5.41) is 11.9. The highest BCUT2D eigenvalue weighted by Gasteiger charge is 2.09. The molecule has 0 saturated carbocycles. The van der Waals surface area contributed by atoms with Crippen LogP contribution in [-0.4, -0.2) is 35.8 Å². The van der Waals surface area contributed by atoms with Crippen LogP contribution >= 0.6 is 0 Å². The normalized spacial score (nSPS) is 10.6. The van der Waals surface area contributed by atoms with Crippen LogP contribution in [0.4, 0.5) is 11.5 Å². The van der Waals surface area contributed by atoms with Gasteiger partial charge < -0.3 is 20.9 Å².